The monoisotopic (exact) mass is 552 g/mol. The summed E-state index contributed by atoms with van der Waals surface area (Å²) in [5.41, 5.74) is 0. The van der Waals surface area contributed by atoms with E-state index in [9.17, 15) is 8.42 Å². The van der Waals surface area contributed by atoms with E-state index in [-0.39, 0.29) is 24.0 Å². The van der Waals surface area contributed by atoms with Gasteiger partial charge in [0.2, 0.25) is 0 Å². The maximum absolute atomic E-state index is 11.5. The Balaban J connectivity index is 0.00000450. The molecule has 0 bridgehead atoms. The topological polar surface area (TPSA) is 83.0 Å². The standard InChI is InChI=1S/C21H36N4O3S.HI/c1-4-22-21(23-12-5-14-25-15-10-18(2)11-16-25)24-13-17-28-19-6-8-20(9-7-19)29(3,26)27;/h6-9,18H,4-5,10-17H2,1-3H3,(H2,22,23,24);1H. The summed E-state index contributed by atoms with van der Waals surface area (Å²) in [4.78, 5) is 7.48. The number of guanidine groups is 1. The molecule has 0 unspecified atom stereocenters. The van der Waals surface area contributed by atoms with Crippen molar-refractivity contribution in [2.24, 2.45) is 10.9 Å². The van der Waals surface area contributed by atoms with E-state index in [1.807, 2.05) is 6.92 Å². The highest BCUT2D eigenvalue weighted by Gasteiger charge is 2.14. The van der Waals surface area contributed by atoms with Gasteiger partial charge in [0.15, 0.2) is 15.8 Å². The normalized spacial score (nSPS) is 16.0. The van der Waals surface area contributed by atoms with E-state index in [0.29, 0.717) is 23.8 Å². The Kier molecular flexibility index (Phi) is 12.7. The first kappa shape index (κ1) is 27.0. The number of aliphatic imine (C=N–C) groups is 1. The Morgan fingerprint density at radius 3 is 2.47 bits per heavy atom. The molecule has 1 aliphatic rings. The summed E-state index contributed by atoms with van der Waals surface area (Å²) < 4.78 is 28.6. The number of piperidine rings is 1. The third-order valence-corrected chi connectivity index (χ3v) is 6.17. The number of benzene rings is 1. The maximum Gasteiger partial charge on any atom is 0.191 e. The molecule has 7 nitrogen and oxygen atoms in total. The molecule has 0 atom stereocenters. The molecule has 1 saturated heterocycles. The second-order valence-electron chi connectivity index (χ2n) is 7.66. The largest absolute Gasteiger partial charge is 0.492 e. The lowest BCUT2D eigenvalue weighted by Crippen LogP contribution is -2.39. The van der Waals surface area contributed by atoms with Crippen molar-refractivity contribution >= 4 is 39.8 Å². The molecule has 9 heteroatoms. The summed E-state index contributed by atoms with van der Waals surface area (Å²) in [7, 11) is -3.18. The fourth-order valence-electron chi connectivity index (χ4n) is 3.23. The summed E-state index contributed by atoms with van der Waals surface area (Å²) in [5, 5.41) is 6.53. The molecule has 0 spiro atoms. The Morgan fingerprint density at radius 1 is 1.20 bits per heavy atom. The van der Waals surface area contributed by atoms with Crippen LogP contribution in [0.4, 0.5) is 0 Å². The van der Waals surface area contributed by atoms with E-state index in [1.54, 1.807) is 24.3 Å². The van der Waals surface area contributed by atoms with Gasteiger partial charge in [0.1, 0.15) is 12.4 Å². The van der Waals surface area contributed by atoms with E-state index < -0.39 is 9.84 Å². The lowest BCUT2D eigenvalue weighted by Gasteiger charge is -2.29. The molecule has 0 saturated carbocycles. The molecule has 1 heterocycles. The van der Waals surface area contributed by atoms with Gasteiger partial charge in [0.25, 0.3) is 0 Å². The van der Waals surface area contributed by atoms with Crippen molar-refractivity contribution in [1.29, 1.82) is 0 Å². The van der Waals surface area contributed by atoms with Gasteiger partial charge in [-0.3, -0.25) is 4.99 Å². The second-order valence-corrected chi connectivity index (χ2v) is 9.67. The van der Waals surface area contributed by atoms with Crippen LogP contribution in [-0.4, -0.2) is 71.4 Å². The minimum Gasteiger partial charge on any atom is -0.492 e. The minimum atomic E-state index is -3.18. The average molecular weight is 553 g/mol. The lowest BCUT2D eigenvalue weighted by molar-refractivity contribution is 0.192. The smallest absolute Gasteiger partial charge is 0.191 e. The Morgan fingerprint density at radius 2 is 1.87 bits per heavy atom. The highest BCUT2D eigenvalue weighted by molar-refractivity contribution is 14.0. The van der Waals surface area contributed by atoms with Crippen molar-refractivity contribution in [2.75, 3.05) is 52.1 Å². The zero-order valence-corrected chi connectivity index (χ0v) is 21.5. The zero-order valence-electron chi connectivity index (χ0n) is 18.4. The third kappa shape index (κ3) is 10.3. The molecular formula is C21H37IN4O3S. The number of ether oxygens (including phenoxy) is 1. The highest BCUT2D eigenvalue weighted by atomic mass is 127. The molecule has 1 aliphatic heterocycles. The van der Waals surface area contributed by atoms with E-state index in [1.165, 1.54) is 32.2 Å². The number of sulfone groups is 1. The number of nitrogens with one attached hydrogen (secondary N) is 2. The predicted octanol–water partition coefficient (Wildman–Crippen LogP) is 2.76. The van der Waals surface area contributed by atoms with E-state index in [4.69, 9.17) is 4.74 Å². The first-order valence-corrected chi connectivity index (χ1v) is 12.4. The predicted molar refractivity (Wildman–Crippen MR) is 134 cm³/mol. The van der Waals surface area contributed by atoms with Crippen LogP contribution in [0.2, 0.25) is 0 Å². The van der Waals surface area contributed by atoms with Gasteiger partial charge >= 0.3 is 0 Å². The van der Waals surface area contributed by atoms with Crippen molar-refractivity contribution in [1.82, 2.24) is 15.5 Å². The van der Waals surface area contributed by atoms with Crippen molar-refractivity contribution in [3.63, 3.8) is 0 Å². The molecule has 2 rings (SSSR count). The van der Waals surface area contributed by atoms with Crippen LogP contribution in [0.25, 0.3) is 0 Å². The van der Waals surface area contributed by atoms with Gasteiger partial charge in [-0.1, -0.05) is 6.92 Å². The van der Waals surface area contributed by atoms with Gasteiger partial charge in [0.05, 0.1) is 11.4 Å². The number of hydrogen-bond donors (Lipinski definition) is 2. The SMILES string of the molecule is CCNC(=NCCCN1CCC(C)CC1)NCCOc1ccc(S(C)(=O)=O)cc1.I. The van der Waals surface area contributed by atoms with Crippen LogP contribution in [0.1, 0.15) is 33.1 Å². The highest BCUT2D eigenvalue weighted by Crippen LogP contribution is 2.16. The summed E-state index contributed by atoms with van der Waals surface area (Å²) in [6.45, 7) is 10.6. The van der Waals surface area contributed by atoms with E-state index >= 15 is 0 Å². The first-order valence-electron chi connectivity index (χ1n) is 10.6. The number of nitrogens with zero attached hydrogens (tertiary/aromatic N) is 2. The van der Waals surface area contributed by atoms with Gasteiger partial charge in [-0.2, -0.15) is 0 Å². The Hall–Kier alpha value is -1.07. The van der Waals surface area contributed by atoms with Crippen LogP contribution < -0.4 is 15.4 Å². The number of hydrogen-bond acceptors (Lipinski definition) is 5. The molecule has 0 amide bonds. The zero-order chi connectivity index (χ0) is 21.1. The molecule has 172 valence electrons. The van der Waals surface area contributed by atoms with Crippen LogP contribution in [0.3, 0.4) is 0 Å². The average Bonchev–Trinajstić information content (AvgIpc) is 2.69. The molecule has 2 N–H and O–H groups in total. The molecule has 0 aliphatic carbocycles. The summed E-state index contributed by atoms with van der Waals surface area (Å²) >= 11 is 0. The molecule has 1 fully saturated rings. The van der Waals surface area contributed by atoms with E-state index in [0.717, 1.165) is 37.9 Å². The van der Waals surface area contributed by atoms with Crippen LogP contribution in [0, 0.1) is 5.92 Å². The Bertz CT molecular complexity index is 733. The Labute approximate surface area is 199 Å². The summed E-state index contributed by atoms with van der Waals surface area (Å²) in [5.74, 6) is 2.32. The first-order chi connectivity index (χ1) is 13.9. The molecule has 30 heavy (non-hydrogen) atoms. The molecule has 0 radical (unpaired) electrons. The van der Waals surface area contributed by atoms with Crippen molar-refractivity contribution in [2.45, 2.75) is 38.0 Å². The van der Waals surface area contributed by atoms with Gasteiger partial charge in [0, 0.05) is 19.3 Å². The fourth-order valence-corrected chi connectivity index (χ4v) is 3.86. The van der Waals surface area contributed by atoms with Crippen LogP contribution in [0.5, 0.6) is 5.75 Å². The van der Waals surface area contributed by atoms with Gasteiger partial charge in [-0.25, -0.2) is 8.42 Å². The summed E-state index contributed by atoms with van der Waals surface area (Å²) in [6, 6.07) is 6.48. The van der Waals surface area contributed by atoms with Crippen LogP contribution in [-0.2, 0) is 9.84 Å². The lowest BCUT2D eigenvalue weighted by atomic mass is 9.99. The third-order valence-electron chi connectivity index (χ3n) is 5.04. The van der Waals surface area contributed by atoms with Gasteiger partial charge in [-0.15, -0.1) is 24.0 Å². The molecule has 1 aromatic rings. The van der Waals surface area contributed by atoms with Crippen LogP contribution >= 0.6 is 24.0 Å². The van der Waals surface area contributed by atoms with Gasteiger partial charge < -0.3 is 20.3 Å². The number of halogens is 1. The molecule has 1 aromatic carbocycles. The van der Waals surface area contributed by atoms with Crippen LogP contribution in [0.15, 0.2) is 34.2 Å². The summed E-state index contributed by atoms with van der Waals surface area (Å²) in [6.07, 6.45) is 4.88. The van der Waals surface area contributed by atoms with Gasteiger partial charge in [-0.05, 0) is 76.0 Å². The van der Waals surface area contributed by atoms with E-state index in [2.05, 4.69) is 27.4 Å². The van der Waals surface area contributed by atoms with Crippen molar-refractivity contribution in [3.8, 4) is 5.75 Å². The van der Waals surface area contributed by atoms with Crippen molar-refractivity contribution < 1.29 is 13.2 Å². The second kappa shape index (κ2) is 14.1. The molecular weight excluding hydrogens is 515 g/mol. The minimum absolute atomic E-state index is 0. The quantitative estimate of drug-likeness (QED) is 0.201. The van der Waals surface area contributed by atoms with Crippen molar-refractivity contribution in [3.05, 3.63) is 24.3 Å². The maximum atomic E-state index is 11.5. The number of likely N-dealkylation sites (tertiary alicyclic amines) is 1. The molecule has 0 aromatic heterocycles. The fraction of sp³-hybridized carbons (Fsp3) is 0.667. The number of rotatable bonds is 10.